The Morgan fingerprint density at radius 1 is 1.19 bits per heavy atom. The summed E-state index contributed by atoms with van der Waals surface area (Å²) in [6.45, 7) is 3.59. The van der Waals surface area contributed by atoms with Crippen molar-refractivity contribution >= 4 is 23.2 Å². The van der Waals surface area contributed by atoms with Gasteiger partial charge in [-0.25, -0.2) is 0 Å². The van der Waals surface area contributed by atoms with Crippen LogP contribution in [0.5, 0.6) is 0 Å². The third-order valence-electron chi connectivity index (χ3n) is 3.15. The number of nitrogen functional groups attached to an aromatic ring is 1. The lowest BCUT2D eigenvalue weighted by atomic mass is 10.2. The number of nitrogens with zero attached hydrogens (tertiary/aromatic N) is 2. The van der Waals surface area contributed by atoms with Crippen molar-refractivity contribution < 1.29 is 9.59 Å². The quantitative estimate of drug-likeness (QED) is 0.735. The van der Waals surface area contributed by atoms with Crippen molar-refractivity contribution in [3.63, 3.8) is 0 Å². The van der Waals surface area contributed by atoms with Gasteiger partial charge < -0.3 is 16.0 Å². The first-order valence-electron chi connectivity index (χ1n) is 7.00. The fourth-order valence-electron chi connectivity index (χ4n) is 1.73. The minimum atomic E-state index is -0.0736. The second-order valence-electron chi connectivity index (χ2n) is 5.08. The molecule has 3 N–H and O–H groups in total. The zero-order valence-electron chi connectivity index (χ0n) is 12.9. The van der Waals surface area contributed by atoms with E-state index in [-0.39, 0.29) is 11.8 Å². The standard InChI is InChI=1S/C15H24N4O2/c1-4-19(11-15(21)18(2)3)10-9-14(20)17-13-7-5-12(16)6-8-13/h5-8H,4,9-11,16H2,1-3H3,(H,17,20). The van der Waals surface area contributed by atoms with E-state index >= 15 is 0 Å². The van der Waals surface area contributed by atoms with E-state index in [4.69, 9.17) is 5.73 Å². The summed E-state index contributed by atoms with van der Waals surface area (Å²) in [5, 5.41) is 2.81. The Kier molecular flexibility index (Phi) is 6.68. The molecule has 1 rings (SSSR count). The number of rotatable bonds is 7. The number of likely N-dealkylation sites (N-methyl/N-ethyl adjacent to an activating group) is 2. The predicted octanol–water partition coefficient (Wildman–Crippen LogP) is 1.01. The van der Waals surface area contributed by atoms with Gasteiger partial charge in [-0.1, -0.05) is 6.92 Å². The highest BCUT2D eigenvalue weighted by atomic mass is 16.2. The number of anilines is 2. The van der Waals surface area contributed by atoms with Crippen molar-refractivity contribution in [2.75, 3.05) is 44.8 Å². The zero-order valence-corrected chi connectivity index (χ0v) is 12.9. The summed E-state index contributed by atoms with van der Waals surface area (Å²) < 4.78 is 0. The largest absolute Gasteiger partial charge is 0.399 e. The van der Waals surface area contributed by atoms with E-state index in [1.54, 1.807) is 43.3 Å². The Balaban J connectivity index is 2.40. The van der Waals surface area contributed by atoms with Crippen molar-refractivity contribution in [2.24, 2.45) is 0 Å². The monoisotopic (exact) mass is 292 g/mol. The van der Waals surface area contributed by atoms with Crippen LogP contribution in [0.15, 0.2) is 24.3 Å². The number of carbonyl (C=O) groups excluding carboxylic acids is 2. The molecule has 21 heavy (non-hydrogen) atoms. The van der Waals surface area contributed by atoms with Gasteiger partial charge in [0.15, 0.2) is 0 Å². The average Bonchev–Trinajstić information content (AvgIpc) is 2.45. The molecule has 0 saturated heterocycles. The first-order valence-corrected chi connectivity index (χ1v) is 7.00. The van der Waals surface area contributed by atoms with Crippen LogP contribution in [0.25, 0.3) is 0 Å². The maximum atomic E-state index is 11.9. The minimum Gasteiger partial charge on any atom is -0.399 e. The summed E-state index contributed by atoms with van der Waals surface area (Å²) in [5.74, 6) is -0.0358. The van der Waals surface area contributed by atoms with E-state index in [9.17, 15) is 9.59 Å². The van der Waals surface area contributed by atoms with Gasteiger partial charge in [0.05, 0.1) is 6.54 Å². The maximum absolute atomic E-state index is 11.9. The Labute approximate surface area is 125 Å². The topological polar surface area (TPSA) is 78.7 Å². The van der Waals surface area contributed by atoms with E-state index in [2.05, 4.69) is 5.32 Å². The fraction of sp³-hybridized carbons (Fsp3) is 0.467. The Morgan fingerprint density at radius 3 is 2.33 bits per heavy atom. The number of benzene rings is 1. The Hall–Kier alpha value is -2.08. The highest BCUT2D eigenvalue weighted by molar-refractivity contribution is 5.91. The molecule has 0 aliphatic carbocycles. The number of hydrogen-bond acceptors (Lipinski definition) is 4. The molecule has 0 aliphatic rings. The van der Waals surface area contributed by atoms with Crippen molar-refractivity contribution in [3.8, 4) is 0 Å². The summed E-state index contributed by atoms with van der Waals surface area (Å²) in [5.41, 5.74) is 6.97. The summed E-state index contributed by atoms with van der Waals surface area (Å²) in [6.07, 6.45) is 0.346. The molecule has 1 aromatic rings. The second kappa shape index (κ2) is 8.26. The number of amides is 2. The lowest BCUT2D eigenvalue weighted by Gasteiger charge is -2.21. The van der Waals surface area contributed by atoms with Crippen molar-refractivity contribution in [2.45, 2.75) is 13.3 Å². The lowest BCUT2D eigenvalue weighted by molar-refractivity contribution is -0.130. The van der Waals surface area contributed by atoms with Crippen LogP contribution in [0.3, 0.4) is 0 Å². The summed E-state index contributed by atoms with van der Waals surface area (Å²) in [7, 11) is 3.45. The van der Waals surface area contributed by atoms with Gasteiger partial charge >= 0.3 is 0 Å². The van der Waals surface area contributed by atoms with Gasteiger partial charge in [0, 0.05) is 38.4 Å². The molecule has 0 atom stereocenters. The van der Waals surface area contributed by atoms with E-state index in [1.165, 1.54) is 0 Å². The van der Waals surface area contributed by atoms with Crippen molar-refractivity contribution in [3.05, 3.63) is 24.3 Å². The second-order valence-corrected chi connectivity index (χ2v) is 5.08. The SMILES string of the molecule is CCN(CCC(=O)Nc1ccc(N)cc1)CC(=O)N(C)C. The van der Waals surface area contributed by atoms with Crippen LogP contribution in [-0.4, -0.2) is 55.3 Å². The van der Waals surface area contributed by atoms with Gasteiger partial charge in [0.2, 0.25) is 11.8 Å². The highest BCUT2D eigenvalue weighted by Crippen LogP contribution is 2.10. The van der Waals surface area contributed by atoms with E-state index < -0.39 is 0 Å². The summed E-state index contributed by atoms with van der Waals surface area (Å²) >= 11 is 0. The molecule has 0 aromatic heterocycles. The molecule has 6 nitrogen and oxygen atoms in total. The molecule has 0 unspecified atom stereocenters. The van der Waals surface area contributed by atoms with Gasteiger partial charge in [-0.15, -0.1) is 0 Å². The van der Waals surface area contributed by atoms with E-state index in [0.29, 0.717) is 25.2 Å². The van der Waals surface area contributed by atoms with Crippen LogP contribution < -0.4 is 11.1 Å². The Morgan fingerprint density at radius 2 is 1.81 bits per heavy atom. The van der Waals surface area contributed by atoms with E-state index in [1.807, 2.05) is 11.8 Å². The molecule has 1 aromatic carbocycles. The molecule has 116 valence electrons. The normalized spacial score (nSPS) is 10.5. The molecule has 0 aliphatic heterocycles. The van der Waals surface area contributed by atoms with Crippen molar-refractivity contribution in [1.82, 2.24) is 9.80 Å². The molecule has 2 amide bonds. The Bertz CT molecular complexity index is 471. The lowest BCUT2D eigenvalue weighted by Crippen LogP contribution is -2.37. The van der Waals surface area contributed by atoms with Crippen LogP contribution >= 0.6 is 0 Å². The molecular weight excluding hydrogens is 268 g/mol. The molecule has 0 spiro atoms. The van der Waals surface area contributed by atoms with Gasteiger partial charge in [0.1, 0.15) is 0 Å². The average molecular weight is 292 g/mol. The number of nitrogens with one attached hydrogen (secondary N) is 1. The fourth-order valence-corrected chi connectivity index (χ4v) is 1.73. The third-order valence-corrected chi connectivity index (χ3v) is 3.15. The smallest absolute Gasteiger partial charge is 0.236 e. The van der Waals surface area contributed by atoms with E-state index in [0.717, 1.165) is 12.2 Å². The van der Waals surface area contributed by atoms with Crippen LogP contribution in [0.1, 0.15) is 13.3 Å². The highest BCUT2D eigenvalue weighted by Gasteiger charge is 2.12. The molecular formula is C15H24N4O2. The van der Waals surface area contributed by atoms with Gasteiger partial charge in [0.25, 0.3) is 0 Å². The van der Waals surface area contributed by atoms with Crippen LogP contribution in [0.2, 0.25) is 0 Å². The number of nitrogens with two attached hydrogens (primary N) is 1. The molecule has 0 bridgehead atoms. The van der Waals surface area contributed by atoms with Gasteiger partial charge in [-0.2, -0.15) is 0 Å². The van der Waals surface area contributed by atoms with Crippen molar-refractivity contribution in [1.29, 1.82) is 0 Å². The molecule has 0 radical (unpaired) electrons. The van der Waals surface area contributed by atoms with Crippen LogP contribution in [0.4, 0.5) is 11.4 Å². The molecule has 6 heteroatoms. The summed E-state index contributed by atoms with van der Waals surface area (Å²) in [6, 6.07) is 7.01. The minimum absolute atomic E-state index is 0.0378. The zero-order chi connectivity index (χ0) is 15.8. The number of carbonyl (C=O) groups is 2. The van der Waals surface area contributed by atoms with Gasteiger partial charge in [-0.3, -0.25) is 14.5 Å². The first-order chi connectivity index (χ1) is 9.92. The van der Waals surface area contributed by atoms with Crippen LogP contribution in [0, 0.1) is 0 Å². The maximum Gasteiger partial charge on any atom is 0.236 e. The molecule has 0 saturated carbocycles. The van der Waals surface area contributed by atoms with Crippen LogP contribution in [-0.2, 0) is 9.59 Å². The first kappa shape index (κ1) is 17.0. The third kappa shape index (κ3) is 6.27. The molecule has 0 heterocycles. The summed E-state index contributed by atoms with van der Waals surface area (Å²) in [4.78, 5) is 27.0. The van der Waals surface area contributed by atoms with Gasteiger partial charge in [-0.05, 0) is 30.8 Å². The number of hydrogen-bond donors (Lipinski definition) is 2. The molecule has 0 fully saturated rings. The predicted molar refractivity (Wildman–Crippen MR) is 84.9 cm³/mol.